The first kappa shape index (κ1) is 48.4. The molecule has 0 saturated heterocycles. The molecule has 69 heavy (non-hydrogen) atoms. The Kier molecular flexibility index (Phi) is 18.2. The van der Waals surface area contributed by atoms with Crippen molar-refractivity contribution in [2.75, 3.05) is 55.9 Å². The Balaban J connectivity index is 0.795. The molecule has 0 bridgehead atoms. The van der Waals surface area contributed by atoms with Crippen LogP contribution in [0.25, 0.3) is 0 Å². The van der Waals surface area contributed by atoms with Crippen LogP contribution < -0.4 is 19.8 Å². The highest BCUT2D eigenvalue weighted by molar-refractivity contribution is 8.00. The first-order chi connectivity index (χ1) is 34.1. The van der Waals surface area contributed by atoms with Gasteiger partial charge in [-0.25, -0.2) is 0 Å². The highest BCUT2D eigenvalue weighted by Gasteiger charge is 2.16. The number of aliphatic hydroxyl groups is 2. The van der Waals surface area contributed by atoms with Gasteiger partial charge in [0.15, 0.2) is 0 Å². The van der Waals surface area contributed by atoms with Crippen molar-refractivity contribution in [1.82, 2.24) is 0 Å². The Labute approximate surface area is 415 Å². The van der Waals surface area contributed by atoms with Gasteiger partial charge >= 0.3 is 0 Å². The molecule has 8 aromatic rings. The molecule has 2 unspecified atom stereocenters. The smallest absolute Gasteiger partial charge is 0.0826 e. The lowest BCUT2D eigenvalue weighted by molar-refractivity contribution is 0.204. The van der Waals surface area contributed by atoms with Crippen molar-refractivity contribution in [1.29, 1.82) is 0 Å². The third-order valence-electron chi connectivity index (χ3n) is 11.1. The van der Waals surface area contributed by atoms with Gasteiger partial charge < -0.3 is 20.0 Å². The number of aliphatic hydroxyl groups excluding tert-OH is 2. The summed E-state index contributed by atoms with van der Waals surface area (Å²) >= 11 is 3.49. The van der Waals surface area contributed by atoms with Crippen molar-refractivity contribution in [3.63, 3.8) is 0 Å². The first-order valence-electron chi connectivity index (χ1n) is 23.3. The van der Waals surface area contributed by atoms with Crippen LogP contribution in [0.2, 0.25) is 0 Å². The minimum atomic E-state index is -0.574. The van der Waals surface area contributed by atoms with E-state index in [1.54, 1.807) is 23.5 Å². The monoisotopic (exact) mass is 946 g/mol. The summed E-state index contributed by atoms with van der Waals surface area (Å²) < 4.78 is 0. The van der Waals surface area contributed by atoms with Gasteiger partial charge in [0.1, 0.15) is 0 Å². The van der Waals surface area contributed by atoms with Gasteiger partial charge in [0, 0.05) is 45.6 Å². The Morgan fingerprint density at radius 2 is 0.609 bits per heavy atom. The maximum atomic E-state index is 11.2. The van der Waals surface area contributed by atoms with Crippen LogP contribution in [0.15, 0.2) is 241 Å². The lowest BCUT2D eigenvalue weighted by atomic mass is 10.1. The normalized spacial score (nSPS) is 12.2. The Morgan fingerprint density at radius 3 is 0.899 bits per heavy atom. The Bertz CT molecular complexity index is 2470. The van der Waals surface area contributed by atoms with Gasteiger partial charge in [-0.1, -0.05) is 133 Å². The highest BCUT2D eigenvalue weighted by Crippen LogP contribution is 2.35. The predicted molar refractivity (Wildman–Crippen MR) is 296 cm³/mol. The van der Waals surface area contributed by atoms with E-state index < -0.39 is 12.2 Å². The van der Waals surface area contributed by atoms with Crippen molar-refractivity contribution in [2.45, 2.75) is 18.6 Å². The molecule has 0 aliphatic heterocycles. The van der Waals surface area contributed by atoms with Crippen molar-refractivity contribution in [3.05, 3.63) is 242 Å². The lowest BCUT2D eigenvalue weighted by Crippen LogP contribution is -2.30. The van der Waals surface area contributed by atoms with E-state index in [1.165, 1.54) is 0 Å². The van der Waals surface area contributed by atoms with Gasteiger partial charge in [0.2, 0.25) is 0 Å². The quantitative estimate of drug-likeness (QED) is 0.0352. The van der Waals surface area contributed by atoms with Crippen LogP contribution in [-0.2, 0) is 0 Å². The summed E-state index contributed by atoms with van der Waals surface area (Å²) in [5.74, 6) is 3.02. The third kappa shape index (κ3) is 14.5. The summed E-state index contributed by atoms with van der Waals surface area (Å²) in [6.45, 7) is 0.740. The van der Waals surface area contributed by atoms with Crippen molar-refractivity contribution in [2.24, 2.45) is 10.2 Å². The summed E-state index contributed by atoms with van der Waals surface area (Å²) in [7, 11) is 0. The molecule has 0 aromatic heterocycles. The van der Waals surface area contributed by atoms with Gasteiger partial charge in [0.05, 0.1) is 49.1 Å². The fraction of sp³-hybridized carbons (Fsp3) is 0.153. The zero-order valence-corrected chi connectivity index (χ0v) is 40.2. The minimum Gasteiger partial charge on any atom is -0.390 e. The van der Waals surface area contributed by atoms with Crippen LogP contribution >= 0.6 is 23.5 Å². The standard InChI is InChI=1S/C59H58N6O2S2/c66-58(44-62(50-20-7-1-8-21-50)60-42-48-32-36-56(37-33-48)64(52-24-11-3-12-25-52)53-26-13-4-14-27-53)46-68-40-19-41-69-47-59(67)45-63(51-22-9-2-10-23-51)61-43-49-34-38-57(39-35-49)65(54-28-15-5-16-29-54)55-30-17-6-18-31-55/h1-18,20-39,42-43,58-59,66-67H,19,40-41,44-47H2/b60-42+,61-43+. The van der Waals surface area contributed by atoms with E-state index in [0.29, 0.717) is 24.6 Å². The summed E-state index contributed by atoms with van der Waals surface area (Å²) in [6, 6.07) is 78.2. The summed E-state index contributed by atoms with van der Waals surface area (Å²) in [6.07, 6.45) is 3.54. The van der Waals surface area contributed by atoms with Crippen LogP contribution in [0.1, 0.15) is 17.5 Å². The SMILES string of the molecule is OC(CSCCCSCC(O)CN(/N=C/c1ccc(N(c2ccccc2)c2ccccc2)cc1)c1ccccc1)CN(/N=C/c1ccc(N(c2ccccc2)c2ccccc2)cc1)c1ccccc1. The average molecular weight is 947 g/mol. The molecule has 0 spiro atoms. The Hall–Kier alpha value is -7.08. The molecule has 2 atom stereocenters. The van der Waals surface area contributed by atoms with Gasteiger partial charge in [0.25, 0.3) is 0 Å². The van der Waals surface area contributed by atoms with Crippen molar-refractivity contribution >= 4 is 81.5 Å². The summed E-state index contributed by atoms with van der Waals surface area (Å²) in [5, 5.41) is 35.8. The van der Waals surface area contributed by atoms with Gasteiger partial charge in [-0.15, -0.1) is 0 Å². The lowest BCUT2D eigenvalue weighted by Gasteiger charge is -2.25. The maximum Gasteiger partial charge on any atom is 0.0826 e. The molecular formula is C59H58N6O2S2. The molecule has 0 fully saturated rings. The van der Waals surface area contributed by atoms with Crippen LogP contribution in [0.3, 0.4) is 0 Å². The number of hydrogen-bond donors (Lipinski definition) is 2. The van der Waals surface area contributed by atoms with E-state index in [-0.39, 0.29) is 0 Å². The molecule has 10 heteroatoms. The van der Waals surface area contributed by atoms with Crippen molar-refractivity contribution < 1.29 is 10.2 Å². The van der Waals surface area contributed by atoms with Gasteiger partial charge in [-0.2, -0.15) is 33.7 Å². The van der Waals surface area contributed by atoms with Crippen LogP contribution in [-0.4, -0.2) is 71.0 Å². The average Bonchev–Trinajstić information content (AvgIpc) is 3.41. The minimum absolute atomic E-state index is 0.370. The number of thioether (sulfide) groups is 2. The molecule has 0 aliphatic rings. The molecule has 0 amide bonds. The molecule has 8 nitrogen and oxygen atoms in total. The van der Waals surface area contributed by atoms with E-state index in [4.69, 9.17) is 10.2 Å². The molecule has 8 aromatic carbocycles. The summed E-state index contributed by atoms with van der Waals surface area (Å²) in [4.78, 5) is 4.47. The molecule has 8 rings (SSSR count). The van der Waals surface area contributed by atoms with Gasteiger partial charge in [-0.05, 0) is 126 Å². The Morgan fingerprint density at radius 1 is 0.348 bits per heavy atom. The molecule has 2 N–H and O–H groups in total. The highest BCUT2D eigenvalue weighted by atomic mass is 32.2. The number of benzene rings is 8. The van der Waals surface area contributed by atoms with Crippen LogP contribution in [0.5, 0.6) is 0 Å². The zero-order chi connectivity index (χ0) is 47.3. The van der Waals surface area contributed by atoms with E-state index in [0.717, 1.165) is 74.6 Å². The van der Waals surface area contributed by atoms with Crippen molar-refractivity contribution in [3.8, 4) is 0 Å². The van der Waals surface area contributed by atoms with E-state index in [1.807, 2.05) is 107 Å². The first-order valence-corrected chi connectivity index (χ1v) is 25.6. The number of nitrogens with zero attached hydrogens (tertiary/aromatic N) is 6. The number of para-hydroxylation sites is 6. The second-order valence-electron chi connectivity index (χ2n) is 16.3. The number of hydrazone groups is 2. The predicted octanol–water partition coefficient (Wildman–Crippen LogP) is 13.6. The maximum absolute atomic E-state index is 11.2. The largest absolute Gasteiger partial charge is 0.390 e. The van der Waals surface area contributed by atoms with Crippen LogP contribution in [0.4, 0.5) is 45.5 Å². The molecule has 0 aliphatic carbocycles. The van der Waals surface area contributed by atoms with Crippen LogP contribution in [0, 0.1) is 0 Å². The number of rotatable bonds is 24. The molecule has 0 heterocycles. The fourth-order valence-corrected chi connectivity index (χ4v) is 9.71. The topological polar surface area (TPSA) is 78.1 Å². The second kappa shape index (κ2) is 25.9. The molecule has 0 saturated carbocycles. The fourth-order valence-electron chi connectivity index (χ4n) is 7.74. The van der Waals surface area contributed by atoms with E-state index in [2.05, 4.69) is 155 Å². The zero-order valence-electron chi connectivity index (χ0n) is 38.6. The number of anilines is 8. The summed E-state index contributed by atoms with van der Waals surface area (Å²) in [5.41, 5.74) is 10.2. The molecule has 0 radical (unpaired) electrons. The number of hydrogen-bond acceptors (Lipinski definition) is 10. The van der Waals surface area contributed by atoms with E-state index in [9.17, 15) is 10.2 Å². The molecular weight excluding hydrogens is 889 g/mol. The van der Waals surface area contributed by atoms with Gasteiger partial charge in [-0.3, -0.25) is 10.0 Å². The molecule has 348 valence electrons. The van der Waals surface area contributed by atoms with E-state index >= 15 is 0 Å². The third-order valence-corrected chi connectivity index (χ3v) is 13.5. The second-order valence-corrected chi connectivity index (χ2v) is 18.6.